The second-order valence-corrected chi connectivity index (χ2v) is 4.93. The Morgan fingerprint density at radius 1 is 1.22 bits per heavy atom. The molecule has 7 nitrogen and oxygen atoms in total. The monoisotopic (exact) mass is 309 g/mol. The summed E-state index contributed by atoms with van der Waals surface area (Å²) in [5, 5.41) is 16.5. The first kappa shape index (κ1) is 14.7. The molecule has 1 atom stereocenters. The molecule has 3 rings (SSSR count). The fraction of sp³-hybridized carbons (Fsp3) is 0.125. The van der Waals surface area contributed by atoms with E-state index in [1.165, 1.54) is 12.4 Å². The highest BCUT2D eigenvalue weighted by Crippen LogP contribution is 2.20. The van der Waals surface area contributed by atoms with E-state index < -0.39 is 5.97 Å². The van der Waals surface area contributed by atoms with Crippen molar-refractivity contribution in [2.24, 2.45) is 0 Å². The number of nitrogens with one attached hydrogen (secondary N) is 1. The van der Waals surface area contributed by atoms with Crippen molar-refractivity contribution in [2.45, 2.75) is 12.6 Å². The summed E-state index contributed by atoms with van der Waals surface area (Å²) < 4.78 is 1.81. The molecule has 0 amide bonds. The van der Waals surface area contributed by atoms with Gasteiger partial charge in [0.15, 0.2) is 5.69 Å². The summed E-state index contributed by atoms with van der Waals surface area (Å²) in [7, 11) is 0. The van der Waals surface area contributed by atoms with Crippen LogP contribution in [-0.4, -0.2) is 30.8 Å². The third kappa shape index (κ3) is 3.70. The maximum Gasteiger partial charge on any atom is 0.354 e. The first-order chi connectivity index (χ1) is 11.2. The molecule has 0 aliphatic rings. The topological polar surface area (TPSA) is 92.9 Å². The van der Waals surface area contributed by atoms with Crippen molar-refractivity contribution in [3.63, 3.8) is 0 Å². The lowest BCUT2D eigenvalue weighted by Crippen LogP contribution is -2.19. The first-order valence-corrected chi connectivity index (χ1v) is 7.06. The Morgan fingerprint density at radius 3 is 2.74 bits per heavy atom. The fourth-order valence-electron chi connectivity index (χ4n) is 2.25. The number of rotatable bonds is 6. The summed E-state index contributed by atoms with van der Waals surface area (Å²) in [5.41, 5.74) is 1.01. The molecule has 7 heteroatoms. The van der Waals surface area contributed by atoms with Gasteiger partial charge in [0.1, 0.15) is 12.1 Å². The van der Waals surface area contributed by atoms with Gasteiger partial charge in [-0.3, -0.25) is 4.68 Å². The van der Waals surface area contributed by atoms with Crippen molar-refractivity contribution in [1.29, 1.82) is 0 Å². The van der Waals surface area contributed by atoms with Gasteiger partial charge in [0.05, 0.1) is 12.6 Å². The van der Waals surface area contributed by atoms with E-state index in [1.807, 2.05) is 47.3 Å². The molecule has 23 heavy (non-hydrogen) atoms. The Kier molecular flexibility index (Phi) is 4.28. The first-order valence-electron chi connectivity index (χ1n) is 7.06. The third-order valence-electron chi connectivity index (χ3n) is 3.34. The molecule has 0 fully saturated rings. The Labute approximate surface area is 132 Å². The lowest BCUT2D eigenvalue weighted by Gasteiger charge is -2.20. The molecule has 0 aliphatic heterocycles. The standard InChI is InChI=1S/C16H15N5O2/c22-16(23)13-9-15(18-11-17-13)20-14(10-21-8-4-7-19-21)12-5-2-1-3-6-12/h1-9,11,14H,10H2,(H,22,23)(H,17,18,20). The highest BCUT2D eigenvalue weighted by Gasteiger charge is 2.14. The average molecular weight is 309 g/mol. The molecule has 0 aliphatic carbocycles. The van der Waals surface area contributed by atoms with E-state index in [-0.39, 0.29) is 11.7 Å². The number of carbonyl (C=O) groups is 1. The molecular formula is C16H15N5O2. The summed E-state index contributed by atoms with van der Waals surface area (Å²) in [6, 6.07) is 13.0. The zero-order chi connectivity index (χ0) is 16.1. The van der Waals surface area contributed by atoms with Crippen LogP contribution in [0.5, 0.6) is 0 Å². The molecule has 2 aromatic heterocycles. The van der Waals surface area contributed by atoms with Crippen LogP contribution in [0.25, 0.3) is 0 Å². The minimum absolute atomic E-state index is 0.0478. The Hall–Kier alpha value is -3.22. The van der Waals surface area contributed by atoms with Crippen molar-refractivity contribution >= 4 is 11.8 Å². The lowest BCUT2D eigenvalue weighted by atomic mass is 10.1. The zero-order valence-electron chi connectivity index (χ0n) is 12.2. The van der Waals surface area contributed by atoms with Gasteiger partial charge in [-0.25, -0.2) is 14.8 Å². The smallest absolute Gasteiger partial charge is 0.354 e. The van der Waals surface area contributed by atoms with Crippen LogP contribution < -0.4 is 5.32 Å². The van der Waals surface area contributed by atoms with Crippen LogP contribution in [-0.2, 0) is 6.54 Å². The number of aromatic nitrogens is 4. The predicted molar refractivity (Wildman–Crippen MR) is 84.0 cm³/mol. The number of carboxylic acids is 1. The Balaban J connectivity index is 1.86. The molecule has 0 saturated heterocycles. The third-order valence-corrected chi connectivity index (χ3v) is 3.34. The van der Waals surface area contributed by atoms with Gasteiger partial charge < -0.3 is 10.4 Å². The van der Waals surface area contributed by atoms with E-state index in [0.29, 0.717) is 12.4 Å². The van der Waals surface area contributed by atoms with Crippen molar-refractivity contribution in [1.82, 2.24) is 19.7 Å². The highest BCUT2D eigenvalue weighted by atomic mass is 16.4. The molecule has 0 bridgehead atoms. The summed E-state index contributed by atoms with van der Waals surface area (Å²) >= 11 is 0. The molecule has 3 aromatic rings. The van der Waals surface area contributed by atoms with Crippen LogP contribution >= 0.6 is 0 Å². The van der Waals surface area contributed by atoms with Gasteiger partial charge in [-0.15, -0.1) is 0 Å². The van der Waals surface area contributed by atoms with Crippen LogP contribution in [0, 0.1) is 0 Å². The van der Waals surface area contributed by atoms with Crippen molar-refractivity contribution in [3.8, 4) is 0 Å². The van der Waals surface area contributed by atoms with Crippen LogP contribution in [0.4, 0.5) is 5.82 Å². The van der Waals surface area contributed by atoms with E-state index in [0.717, 1.165) is 5.56 Å². The molecule has 0 saturated carbocycles. The average Bonchev–Trinajstić information content (AvgIpc) is 3.08. The molecule has 1 unspecified atom stereocenters. The molecular weight excluding hydrogens is 294 g/mol. The van der Waals surface area contributed by atoms with E-state index in [2.05, 4.69) is 20.4 Å². The van der Waals surface area contributed by atoms with Crippen molar-refractivity contribution in [2.75, 3.05) is 5.32 Å². The summed E-state index contributed by atoms with van der Waals surface area (Å²) in [6.45, 7) is 0.587. The second-order valence-electron chi connectivity index (χ2n) is 4.93. The molecule has 116 valence electrons. The van der Waals surface area contributed by atoms with Gasteiger partial charge in [-0.2, -0.15) is 5.10 Å². The minimum Gasteiger partial charge on any atom is -0.477 e. The number of carboxylic acid groups (broad SMARTS) is 1. The Bertz CT molecular complexity index is 774. The van der Waals surface area contributed by atoms with Gasteiger partial charge in [0.25, 0.3) is 0 Å². The minimum atomic E-state index is -1.08. The number of hydrogen-bond donors (Lipinski definition) is 2. The molecule has 2 heterocycles. The summed E-state index contributed by atoms with van der Waals surface area (Å²) in [4.78, 5) is 18.9. The van der Waals surface area contributed by atoms with Crippen LogP contribution in [0.1, 0.15) is 22.1 Å². The Morgan fingerprint density at radius 2 is 2.04 bits per heavy atom. The van der Waals surface area contributed by atoms with Gasteiger partial charge >= 0.3 is 5.97 Å². The van der Waals surface area contributed by atoms with E-state index >= 15 is 0 Å². The highest BCUT2D eigenvalue weighted by molar-refractivity contribution is 5.86. The quantitative estimate of drug-likeness (QED) is 0.725. The number of aromatic carboxylic acids is 1. The van der Waals surface area contributed by atoms with Gasteiger partial charge in [-0.1, -0.05) is 30.3 Å². The number of anilines is 1. The molecule has 2 N–H and O–H groups in total. The molecule has 0 radical (unpaired) electrons. The molecule has 1 aromatic carbocycles. The van der Waals surface area contributed by atoms with Crippen LogP contribution in [0.2, 0.25) is 0 Å². The van der Waals surface area contributed by atoms with Gasteiger partial charge in [0.2, 0.25) is 0 Å². The SMILES string of the molecule is O=C(O)c1cc(NC(Cn2cccn2)c2ccccc2)ncn1. The normalized spacial score (nSPS) is 11.8. The number of benzene rings is 1. The van der Waals surface area contributed by atoms with E-state index in [1.54, 1.807) is 6.20 Å². The van der Waals surface area contributed by atoms with Crippen molar-refractivity contribution in [3.05, 3.63) is 72.4 Å². The largest absolute Gasteiger partial charge is 0.477 e. The zero-order valence-corrected chi connectivity index (χ0v) is 12.2. The summed E-state index contributed by atoms with van der Waals surface area (Å²) in [5.74, 6) is -0.628. The van der Waals surface area contributed by atoms with Crippen molar-refractivity contribution < 1.29 is 9.90 Å². The van der Waals surface area contributed by atoms with Gasteiger partial charge in [0, 0.05) is 18.5 Å². The van der Waals surface area contributed by atoms with E-state index in [4.69, 9.17) is 5.11 Å². The van der Waals surface area contributed by atoms with Crippen LogP contribution in [0.3, 0.4) is 0 Å². The molecule has 0 spiro atoms. The second kappa shape index (κ2) is 6.69. The fourth-order valence-corrected chi connectivity index (χ4v) is 2.25. The maximum atomic E-state index is 11.0. The van der Waals surface area contributed by atoms with E-state index in [9.17, 15) is 4.79 Å². The number of hydrogen-bond acceptors (Lipinski definition) is 5. The van der Waals surface area contributed by atoms with Crippen LogP contribution in [0.15, 0.2) is 61.2 Å². The number of nitrogens with zero attached hydrogens (tertiary/aromatic N) is 4. The van der Waals surface area contributed by atoms with Gasteiger partial charge in [-0.05, 0) is 11.6 Å². The maximum absolute atomic E-state index is 11.0. The summed E-state index contributed by atoms with van der Waals surface area (Å²) in [6.07, 6.45) is 4.83. The predicted octanol–water partition coefficient (Wildman–Crippen LogP) is 2.22. The lowest BCUT2D eigenvalue weighted by molar-refractivity contribution is 0.0690.